The van der Waals surface area contributed by atoms with Gasteiger partial charge in [0.25, 0.3) is 5.56 Å². The summed E-state index contributed by atoms with van der Waals surface area (Å²) in [5.41, 5.74) is 2.27. The van der Waals surface area contributed by atoms with E-state index in [-0.39, 0.29) is 22.8 Å². The molecule has 0 bridgehead atoms. The molecule has 0 saturated carbocycles. The van der Waals surface area contributed by atoms with E-state index in [1.807, 2.05) is 39.0 Å². The molecular weight excluding hydrogens is 497 g/mol. The Morgan fingerprint density at radius 2 is 1.92 bits per heavy atom. The van der Waals surface area contributed by atoms with Crippen LogP contribution in [0.15, 0.2) is 41.3 Å². The molecule has 2 N–H and O–H groups in total. The normalized spacial score (nSPS) is 13.8. The summed E-state index contributed by atoms with van der Waals surface area (Å²) in [6, 6.07) is 10.8. The van der Waals surface area contributed by atoms with Crippen molar-refractivity contribution in [3.63, 3.8) is 0 Å². The van der Waals surface area contributed by atoms with Crippen LogP contribution in [0.25, 0.3) is 16.9 Å². The molecule has 4 aromatic rings. The molecule has 1 aromatic carbocycles. The zero-order valence-electron chi connectivity index (χ0n) is 21.0. The van der Waals surface area contributed by atoms with Gasteiger partial charge in [-0.1, -0.05) is 26.8 Å². The smallest absolute Gasteiger partial charge is 0.324 e. The lowest BCUT2D eigenvalue weighted by Gasteiger charge is -2.21. The standard InChI is InChI=1S/C26H25F3N8O/c1-25(2,3)21-16(11-30)5-7-20(34-21)37-22-19(23(38)36(37)14-26(27,28)29)13-32-24(35-22)33-18-6-4-17-12-31-9-8-15(17)10-18/h4-7,10,13,31H,8-9,12,14H2,1-3H3,(H,32,33,35). The Morgan fingerprint density at radius 1 is 1.13 bits per heavy atom. The second-order valence-electron chi connectivity index (χ2n) is 10.2. The fourth-order valence-corrected chi connectivity index (χ4v) is 4.55. The monoisotopic (exact) mass is 522 g/mol. The Morgan fingerprint density at radius 3 is 2.63 bits per heavy atom. The minimum absolute atomic E-state index is 0.0315. The number of hydrogen-bond acceptors (Lipinski definition) is 7. The summed E-state index contributed by atoms with van der Waals surface area (Å²) in [5.74, 6) is 0.158. The van der Waals surface area contributed by atoms with E-state index >= 15 is 0 Å². The summed E-state index contributed by atoms with van der Waals surface area (Å²) in [7, 11) is 0. The summed E-state index contributed by atoms with van der Waals surface area (Å²) in [5, 5.41) is 15.9. The van der Waals surface area contributed by atoms with Gasteiger partial charge in [0, 0.05) is 23.8 Å². The summed E-state index contributed by atoms with van der Waals surface area (Å²) in [6.45, 7) is 5.63. The van der Waals surface area contributed by atoms with E-state index in [1.165, 1.54) is 29.5 Å². The van der Waals surface area contributed by atoms with Crippen LogP contribution in [0.3, 0.4) is 0 Å². The average Bonchev–Trinajstić information content (AvgIpc) is 3.12. The van der Waals surface area contributed by atoms with Crippen molar-refractivity contribution < 1.29 is 13.2 Å². The highest BCUT2D eigenvalue weighted by molar-refractivity contribution is 5.77. The van der Waals surface area contributed by atoms with Crippen molar-refractivity contribution in [2.75, 3.05) is 11.9 Å². The third-order valence-electron chi connectivity index (χ3n) is 6.28. The van der Waals surface area contributed by atoms with Gasteiger partial charge in [-0.2, -0.15) is 23.4 Å². The largest absolute Gasteiger partial charge is 0.408 e. The highest BCUT2D eigenvalue weighted by Crippen LogP contribution is 2.27. The maximum absolute atomic E-state index is 13.5. The van der Waals surface area contributed by atoms with Crippen LogP contribution < -0.4 is 16.2 Å². The molecule has 0 spiro atoms. The van der Waals surface area contributed by atoms with Gasteiger partial charge in [-0.15, -0.1) is 0 Å². The fraction of sp³-hybridized carbons (Fsp3) is 0.346. The molecule has 5 rings (SSSR count). The number of hydrogen-bond donors (Lipinski definition) is 2. The van der Waals surface area contributed by atoms with E-state index in [0.29, 0.717) is 15.9 Å². The van der Waals surface area contributed by atoms with Gasteiger partial charge >= 0.3 is 6.18 Å². The fourth-order valence-electron chi connectivity index (χ4n) is 4.55. The number of aromatic nitrogens is 5. The van der Waals surface area contributed by atoms with Crippen molar-refractivity contribution in [1.82, 2.24) is 29.6 Å². The Bertz CT molecular complexity index is 1640. The van der Waals surface area contributed by atoms with Gasteiger partial charge in [-0.3, -0.25) is 4.79 Å². The summed E-state index contributed by atoms with van der Waals surface area (Å²) >= 11 is 0. The molecule has 0 saturated heterocycles. The van der Waals surface area contributed by atoms with E-state index in [0.717, 1.165) is 29.9 Å². The van der Waals surface area contributed by atoms with Crippen molar-refractivity contribution in [3.05, 3.63) is 69.3 Å². The van der Waals surface area contributed by atoms with Crippen LogP contribution in [0, 0.1) is 11.3 Å². The first-order valence-electron chi connectivity index (χ1n) is 12.0. The lowest BCUT2D eigenvalue weighted by atomic mass is 9.88. The Labute approximate surface area is 215 Å². The Hall–Kier alpha value is -4.24. The number of rotatable bonds is 4. The number of nitrogens with zero attached hydrogens (tertiary/aromatic N) is 6. The molecule has 0 amide bonds. The zero-order chi connectivity index (χ0) is 27.2. The van der Waals surface area contributed by atoms with Crippen LogP contribution >= 0.6 is 0 Å². The second-order valence-corrected chi connectivity index (χ2v) is 10.2. The quantitative estimate of drug-likeness (QED) is 0.415. The number of benzene rings is 1. The van der Waals surface area contributed by atoms with Crippen molar-refractivity contribution in [3.8, 4) is 11.9 Å². The molecule has 3 aromatic heterocycles. The van der Waals surface area contributed by atoms with Gasteiger partial charge in [-0.05, 0) is 48.4 Å². The molecule has 0 radical (unpaired) electrons. The third kappa shape index (κ3) is 4.84. The van der Waals surface area contributed by atoms with Gasteiger partial charge in [0.1, 0.15) is 18.0 Å². The molecular formula is C26H25F3N8O. The predicted octanol–water partition coefficient (Wildman–Crippen LogP) is 4.10. The number of anilines is 2. The van der Waals surface area contributed by atoms with E-state index in [9.17, 15) is 23.2 Å². The molecule has 12 heteroatoms. The number of fused-ring (bicyclic) bond motifs is 2. The maximum Gasteiger partial charge on any atom is 0.408 e. The highest BCUT2D eigenvalue weighted by Gasteiger charge is 2.32. The van der Waals surface area contributed by atoms with Gasteiger partial charge < -0.3 is 10.6 Å². The molecule has 0 atom stereocenters. The maximum atomic E-state index is 13.5. The van der Waals surface area contributed by atoms with Gasteiger partial charge in [0.05, 0.1) is 11.3 Å². The first-order chi connectivity index (χ1) is 17.9. The van der Waals surface area contributed by atoms with Crippen LogP contribution in [0.2, 0.25) is 0 Å². The van der Waals surface area contributed by atoms with Gasteiger partial charge in [0.2, 0.25) is 5.95 Å². The van der Waals surface area contributed by atoms with Crippen LogP contribution in [-0.4, -0.2) is 37.0 Å². The molecule has 38 heavy (non-hydrogen) atoms. The van der Waals surface area contributed by atoms with Crippen molar-refractivity contribution in [2.24, 2.45) is 0 Å². The molecule has 0 aliphatic carbocycles. The number of alkyl halides is 3. The first kappa shape index (κ1) is 25.4. The molecule has 196 valence electrons. The molecule has 1 aliphatic rings. The minimum atomic E-state index is -4.68. The topological polar surface area (TPSA) is 113 Å². The molecule has 9 nitrogen and oxygen atoms in total. The SMILES string of the molecule is CC(C)(C)c1nc(-n2c3nc(Nc4ccc5c(c4)CCNC5)ncc3c(=O)n2CC(F)(F)F)ccc1C#N. The van der Waals surface area contributed by atoms with Gasteiger partial charge in [-0.25, -0.2) is 19.3 Å². The average molecular weight is 523 g/mol. The predicted molar refractivity (Wildman–Crippen MR) is 136 cm³/mol. The second kappa shape index (κ2) is 9.25. The number of halogens is 3. The van der Waals surface area contributed by atoms with Crippen LogP contribution in [0.1, 0.15) is 43.2 Å². The number of nitrogens with one attached hydrogen (secondary N) is 2. The van der Waals surface area contributed by atoms with Crippen molar-refractivity contribution in [1.29, 1.82) is 5.26 Å². The van der Waals surface area contributed by atoms with E-state index < -0.39 is 23.7 Å². The van der Waals surface area contributed by atoms with Crippen molar-refractivity contribution >= 4 is 22.7 Å². The molecule has 4 heterocycles. The molecule has 0 unspecified atom stereocenters. The summed E-state index contributed by atoms with van der Waals surface area (Å²) < 4.78 is 42.2. The van der Waals surface area contributed by atoms with Crippen LogP contribution in [-0.2, 0) is 24.9 Å². The lowest BCUT2D eigenvalue weighted by Crippen LogP contribution is -2.31. The molecule has 1 aliphatic heterocycles. The number of pyridine rings is 1. The summed E-state index contributed by atoms with van der Waals surface area (Å²) in [6.07, 6.45) is -2.60. The third-order valence-corrected chi connectivity index (χ3v) is 6.28. The zero-order valence-corrected chi connectivity index (χ0v) is 21.0. The van der Waals surface area contributed by atoms with Crippen molar-refractivity contribution in [2.45, 2.75) is 51.9 Å². The summed E-state index contributed by atoms with van der Waals surface area (Å²) in [4.78, 5) is 26.3. The Kier molecular flexibility index (Phi) is 6.19. The minimum Gasteiger partial charge on any atom is -0.324 e. The van der Waals surface area contributed by atoms with Gasteiger partial charge in [0.15, 0.2) is 11.5 Å². The van der Waals surface area contributed by atoms with Crippen LogP contribution in [0.4, 0.5) is 24.8 Å². The van der Waals surface area contributed by atoms with E-state index in [4.69, 9.17) is 0 Å². The Balaban J connectivity index is 1.67. The van der Waals surface area contributed by atoms with E-state index in [2.05, 4.69) is 31.7 Å². The van der Waals surface area contributed by atoms with E-state index in [1.54, 1.807) is 0 Å². The first-order valence-corrected chi connectivity index (χ1v) is 12.0. The molecule has 0 fully saturated rings. The highest BCUT2D eigenvalue weighted by atomic mass is 19.4. The lowest BCUT2D eigenvalue weighted by molar-refractivity contribution is -0.144. The van der Waals surface area contributed by atoms with Crippen LogP contribution in [0.5, 0.6) is 0 Å². The number of nitriles is 1.